The van der Waals surface area contributed by atoms with Crippen LogP contribution in [0.3, 0.4) is 0 Å². The number of nitrogens with zero attached hydrogens (tertiary/aromatic N) is 2. The highest BCUT2D eigenvalue weighted by Crippen LogP contribution is 2.09. The van der Waals surface area contributed by atoms with Gasteiger partial charge in [0.25, 0.3) is 0 Å². The lowest BCUT2D eigenvalue weighted by Gasteiger charge is -2.30. The van der Waals surface area contributed by atoms with E-state index in [9.17, 15) is 0 Å². The van der Waals surface area contributed by atoms with Crippen molar-refractivity contribution in [3.63, 3.8) is 0 Å². The Bertz CT molecular complexity index is 514. The van der Waals surface area contributed by atoms with Gasteiger partial charge in [0.15, 0.2) is 0 Å². The molecule has 2 N–H and O–H groups in total. The first-order valence-corrected chi connectivity index (χ1v) is 6.51. The molecule has 1 aliphatic heterocycles. The van der Waals surface area contributed by atoms with Crippen molar-refractivity contribution in [1.82, 2.24) is 15.2 Å². The number of aromatic nitrogens is 1. The van der Waals surface area contributed by atoms with E-state index in [1.165, 1.54) is 19.4 Å². The number of aliphatic imine (C=N–C) groups is 1. The summed E-state index contributed by atoms with van der Waals surface area (Å²) >= 11 is 0. The maximum Gasteiger partial charge on any atom is 0.135 e. The number of H-pyrrole nitrogens is 1. The molecule has 2 heterocycles. The minimum Gasteiger partial charge on any atom is -0.366 e. The van der Waals surface area contributed by atoms with E-state index in [1.807, 2.05) is 25.4 Å². The van der Waals surface area contributed by atoms with E-state index in [2.05, 4.69) is 33.8 Å². The second kappa shape index (κ2) is 5.87. The minimum absolute atomic E-state index is 0.469. The van der Waals surface area contributed by atoms with E-state index in [-0.39, 0.29) is 0 Å². The second-order valence-electron chi connectivity index (χ2n) is 4.85. The Labute approximate surface area is 108 Å². The molecule has 1 fully saturated rings. The number of piperidine rings is 1. The number of hydrogen-bond acceptors (Lipinski definition) is 3. The van der Waals surface area contributed by atoms with Gasteiger partial charge in [-0.1, -0.05) is 6.58 Å². The van der Waals surface area contributed by atoms with Crippen LogP contribution in [0.15, 0.2) is 17.3 Å². The third-order valence-corrected chi connectivity index (χ3v) is 3.31. The Morgan fingerprint density at radius 3 is 3.11 bits per heavy atom. The Kier molecular flexibility index (Phi) is 4.20. The highest BCUT2D eigenvalue weighted by molar-refractivity contribution is 5.62. The zero-order chi connectivity index (χ0) is 13.0. The molecule has 4 nitrogen and oxygen atoms in total. The van der Waals surface area contributed by atoms with Crippen LogP contribution in [0, 0.1) is 0 Å². The van der Waals surface area contributed by atoms with Gasteiger partial charge in [0.2, 0.25) is 0 Å². The fourth-order valence-corrected chi connectivity index (χ4v) is 2.42. The lowest BCUT2D eigenvalue weighted by atomic mass is 10.1. The molecule has 0 aliphatic carbocycles. The van der Waals surface area contributed by atoms with E-state index in [4.69, 9.17) is 0 Å². The van der Waals surface area contributed by atoms with Gasteiger partial charge in [-0.15, -0.1) is 0 Å². The summed E-state index contributed by atoms with van der Waals surface area (Å²) in [5.41, 5.74) is 0. The Morgan fingerprint density at radius 1 is 1.67 bits per heavy atom. The molecule has 0 aromatic carbocycles. The summed E-state index contributed by atoms with van der Waals surface area (Å²) in [4.78, 5) is 9.90. The summed E-state index contributed by atoms with van der Waals surface area (Å²) in [5.74, 6) is 0.920. The number of hydrogen-bond donors (Lipinski definition) is 2. The molecule has 2 rings (SSSR count). The molecule has 0 spiro atoms. The van der Waals surface area contributed by atoms with Crippen LogP contribution in [0.25, 0.3) is 12.4 Å². The molecule has 1 aliphatic rings. The zero-order valence-corrected chi connectivity index (χ0v) is 11.2. The lowest BCUT2D eigenvalue weighted by molar-refractivity contribution is 0.239. The standard InChI is InChI=1S/C14H22N4/c1-4-15-14(13-7-8-16-11(13)2)17-12-6-5-9-18(3)10-12/h4,7-8,12,16-17H,2,5-6,9-10H2,1,3H3/b14-13+,15-4?. The van der Waals surface area contributed by atoms with Crippen molar-refractivity contribution in [3.8, 4) is 0 Å². The summed E-state index contributed by atoms with van der Waals surface area (Å²) < 4.78 is 0. The van der Waals surface area contributed by atoms with Crippen molar-refractivity contribution in [3.05, 3.63) is 22.8 Å². The van der Waals surface area contributed by atoms with Crippen LogP contribution < -0.4 is 15.9 Å². The number of likely N-dealkylation sites (N-methyl/N-ethyl adjacent to an activating group) is 1. The average molecular weight is 246 g/mol. The van der Waals surface area contributed by atoms with Gasteiger partial charge in [-0.3, -0.25) is 0 Å². The average Bonchev–Trinajstić information content (AvgIpc) is 2.75. The van der Waals surface area contributed by atoms with Crippen molar-refractivity contribution in [2.45, 2.75) is 25.8 Å². The number of aromatic amines is 1. The van der Waals surface area contributed by atoms with Gasteiger partial charge >= 0.3 is 0 Å². The van der Waals surface area contributed by atoms with E-state index >= 15 is 0 Å². The van der Waals surface area contributed by atoms with E-state index in [0.29, 0.717) is 6.04 Å². The molecular weight excluding hydrogens is 224 g/mol. The first kappa shape index (κ1) is 12.9. The zero-order valence-electron chi connectivity index (χ0n) is 11.2. The van der Waals surface area contributed by atoms with Crippen LogP contribution >= 0.6 is 0 Å². The molecule has 1 unspecified atom stereocenters. The van der Waals surface area contributed by atoms with Crippen LogP contribution in [0.5, 0.6) is 0 Å². The molecule has 1 aromatic heterocycles. The van der Waals surface area contributed by atoms with Gasteiger partial charge in [-0.05, 0) is 39.4 Å². The molecule has 0 amide bonds. The number of nitrogens with one attached hydrogen (secondary N) is 2. The third kappa shape index (κ3) is 3.01. The minimum atomic E-state index is 0.469. The van der Waals surface area contributed by atoms with Gasteiger partial charge in [0.05, 0.1) is 0 Å². The van der Waals surface area contributed by atoms with Crippen molar-refractivity contribution in [1.29, 1.82) is 0 Å². The monoisotopic (exact) mass is 246 g/mol. The maximum absolute atomic E-state index is 4.45. The van der Waals surface area contributed by atoms with Crippen LogP contribution in [-0.4, -0.2) is 42.3 Å². The van der Waals surface area contributed by atoms with Gasteiger partial charge < -0.3 is 15.2 Å². The third-order valence-electron chi connectivity index (χ3n) is 3.31. The molecule has 0 bridgehead atoms. The first-order valence-electron chi connectivity index (χ1n) is 6.51. The van der Waals surface area contributed by atoms with E-state index in [0.717, 1.165) is 22.9 Å². The molecule has 98 valence electrons. The normalized spacial score (nSPS) is 23.3. The quantitative estimate of drug-likeness (QED) is 0.752. The van der Waals surface area contributed by atoms with Crippen LogP contribution in [0.1, 0.15) is 19.8 Å². The molecule has 1 aromatic rings. The molecule has 4 heteroatoms. The highest BCUT2D eigenvalue weighted by Gasteiger charge is 2.17. The van der Waals surface area contributed by atoms with E-state index < -0.39 is 0 Å². The maximum atomic E-state index is 4.45. The van der Waals surface area contributed by atoms with E-state index in [1.54, 1.807) is 0 Å². The summed E-state index contributed by atoms with van der Waals surface area (Å²) in [6, 6.07) is 2.49. The fraction of sp³-hybridized carbons (Fsp3) is 0.500. The van der Waals surface area contributed by atoms with Gasteiger partial charge in [-0.25, -0.2) is 4.99 Å². The lowest BCUT2D eigenvalue weighted by Crippen LogP contribution is -2.44. The molecule has 1 atom stereocenters. The Balaban J connectivity index is 2.23. The van der Waals surface area contributed by atoms with Crippen molar-refractivity contribution in [2.24, 2.45) is 4.99 Å². The van der Waals surface area contributed by atoms with Crippen molar-refractivity contribution in [2.75, 3.05) is 20.1 Å². The topological polar surface area (TPSA) is 43.4 Å². The Morgan fingerprint density at radius 2 is 2.50 bits per heavy atom. The smallest absolute Gasteiger partial charge is 0.135 e. The molecule has 0 radical (unpaired) electrons. The Hall–Kier alpha value is -1.55. The molecule has 18 heavy (non-hydrogen) atoms. The summed E-state index contributed by atoms with van der Waals surface area (Å²) in [7, 11) is 2.17. The van der Waals surface area contributed by atoms with Crippen molar-refractivity contribution >= 4 is 18.6 Å². The second-order valence-corrected chi connectivity index (χ2v) is 4.85. The summed E-state index contributed by atoms with van der Waals surface area (Å²) in [6.07, 6.45) is 6.16. The SMILES string of the molecule is C=c1[nH]cc/c1=C(/N=CC)NC1CCCN(C)C1. The van der Waals surface area contributed by atoms with Gasteiger partial charge in [-0.2, -0.15) is 0 Å². The van der Waals surface area contributed by atoms with Crippen LogP contribution in [0.2, 0.25) is 0 Å². The van der Waals surface area contributed by atoms with Gasteiger partial charge in [0, 0.05) is 35.6 Å². The summed E-state index contributed by atoms with van der Waals surface area (Å²) in [5, 5.41) is 5.51. The largest absolute Gasteiger partial charge is 0.366 e. The molecule has 1 saturated heterocycles. The predicted octanol–water partition coefficient (Wildman–Crippen LogP) is 0.265. The first-order chi connectivity index (χ1) is 8.70. The number of rotatable bonds is 3. The number of likely N-dealkylation sites (tertiary alicyclic amines) is 1. The molecule has 0 saturated carbocycles. The molecular formula is C14H22N4. The fourth-order valence-electron chi connectivity index (χ4n) is 2.42. The van der Waals surface area contributed by atoms with Crippen LogP contribution in [0.4, 0.5) is 0 Å². The predicted molar refractivity (Wildman–Crippen MR) is 76.8 cm³/mol. The van der Waals surface area contributed by atoms with Crippen molar-refractivity contribution < 1.29 is 0 Å². The highest BCUT2D eigenvalue weighted by atomic mass is 15.2. The van der Waals surface area contributed by atoms with Gasteiger partial charge in [0.1, 0.15) is 5.82 Å². The van der Waals surface area contributed by atoms with Crippen LogP contribution in [-0.2, 0) is 0 Å². The summed E-state index contributed by atoms with van der Waals surface area (Å²) in [6.45, 7) is 8.18.